The van der Waals surface area contributed by atoms with Crippen LogP contribution in [0.15, 0.2) is 109 Å². The van der Waals surface area contributed by atoms with Crippen molar-refractivity contribution in [2.45, 2.75) is 0 Å². The monoisotopic (exact) mass is 624 g/mol. The van der Waals surface area contributed by atoms with Crippen LogP contribution in [0.2, 0.25) is 0 Å². The normalized spacial score (nSPS) is 12.2. The molecule has 0 aliphatic rings. The molecule has 6 nitrogen and oxygen atoms in total. The molecule has 12 bridgehead atoms. The van der Waals surface area contributed by atoms with E-state index in [1.807, 2.05) is 72.8 Å². The Morgan fingerprint density at radius 1 is 0.188 bits per heavy atom. The molecule has 0 saturated heterocycles. The molecule has 0 amide bonds. The van der Waals surface area contributed by atoms with Gasteiger partial charge in [-0.3, -0.25) is 0 Å². The Balaban J connectivity index is 1.51. The molecule has 10 rings (SSSR count). The van der Waals surface area contributed by atoms with Crippen LogP contribution in [0.1, 0.15) is 0 Å². The first-order valence-corrected chi connectivity index (χ1v) is 15.5. The Morgan fingerprint density at radius 3 is 0.479 bits per heavy atom. The van der Waals surface area contributed by atoms with Crippen LogP contribution in [0.3, 0.4) is 0 Å². The van der Waals surface area contributed by atoms with Gasteiger partial charge in [-0.1, -0.05) is 36.4 Å². The zero-order valence-electron chi connectivity index (χ0n) is 25.1. The second kappa shape index (κ2) is 8.99. The molecule has 0 aliphatic heterocycles. The molecule has 10 aromatic carbocycles. The summed E-state index contributed by atoms with van der Waals surface area (Å²) in [6, 6.07) is 34.1. The number of hydrogen-bond donors (Lipinski definition) is 6. The summed E-state index contributed by atoms with van der Waals surface area (Å²) in [5.74, 6) is -1.17. The van der Waals surface area contributed by atoms with Gasteiger partial charge in [0.25, 0.3) is 0 Å². The van der Waals surface area contributed by atoms with Crippen LogP contribution < -0.4 is 0 Å². The van der Waals surface area contributed by atoms with Crippen LogP contribution in [0.25, 0.3) is 97.0 Å². The average Bonchev–Trinajstić information content (AvgIpc) is 3.13. The molecular weight excluding hydrogens is 600 g/mol. The third-order valence-corrected chi connectivity index (χ3v) is 10.2. The van der Waals surface area contributed by atoms with Crippen molar-refractivity contribution in [3.8, 4) is 34.5 Å². The summed E-state index contributed by atoms with van der Waals surface area (Å²) in [6.45, 7) is 0. The highest BCUT2D eigenvalue weighted by Crippen LogP contribution is 2.47. The second-order valence-corrected chi connectivity index (χ2v) is 12.7. The van der Waals surface area contributed by atoms with Gasteiger partial charge in [0.15, 0.2) is 34.5 Å². The van der Waals surface area contributed by atoms with Gasteiger partial charge in [0.2, 0.25) is 0 Å². The molecule has 6 heteroatoms. The summed E-state index contributed by atoms with van der Waals surface area (Å²) in [5, 5.41) is 79.0. The van der Waals surface area contributed by atoms with Gasteiger partial charge in [-0.15, -0.1) is 0 Å². The highest BCUT2D eigenvalue weighted by atomic mass is 16.3. The first-order chi connectivity index (χ1) is 23.3. The van der Waals surface area contributed by atoms with Gasteiger partial charge in [0.1, 0.15) is 0 Å². The lowest BCUT2D eigenvalue weighted by Crippen LogP contribution is -1.85. The van der Waals surface area contributed by atoms with Gasteiger partial charge in [0.05, 0.1) is 0 Å². The Hall–Kier alpha value is -6.66. The van der Waals surface area contributed by atoms with Gasteiger partial charge in [0, 0.05) is 32.3 Å². The van der Waals surface area contributed by atoms with Crippen molar-refractivity contribution in [1.82, 2.24) is 0 Å². The summed E-state index contributed by atoms with van der Waals surface area (Å²) in [7, 11) is 0. The fraction of sp³-hybridized carbons (Fsp3) is 0. The molecule has 0 radical (unpaired) electrons. The van der Waals surface area contributed by atoms with Crippen molar-refractivity contribution in [3.05, 3.63) is 109 Å². The van der Waals surface area contributed by atoms with Crippen molar-refractivity contribution < 1.29 is 30.6 Å². The molecule has 6 N–H and O–H groups in total. The van der Waals surface area contributed by atoms with E-state index in [1.165, 1.54) is 0 Å². The largest absolute Gasteiger partial charge is 0.504 e. The minimum absolute atomic E-state index is 0.195. The van der Waals surface area contributed by atoms with E-state index in [1.54, 1.807) is 36.4 Å². The quantitative estimate of drug-likeness (QED) is 0.0738. The SMILES string of the molecule is Oc1c(O)c2ccc3cc2c2cc(ccc12)c1ccc2c(O)c(O)c4ccc(cc4c2c1)c1ccc2c(O)c(O)c4ccc3cc4c2c1. The molecule has 0 aliphatic carbocycles. The van der Waals surface area contributed by atoms with Crippen molar-refractivity contribution >= 4 is 97.0 Å². The van der Waals surface area contributed by atoms with E-state index in [2.05, 4.69) is 0 Å². The number of phenols is 6. The lowest BCUT2D eigenvalue weighted by atomic mass is 9.93. The van der Waals surface area contributed by atoms with Crippen LogP contribution in [-0.2, 0) is 0 Å². The summed E-state index contributed by atoms with van der Waals surface area (Å²) >= 11 is 0. The number of aromatic hydroxyl groups is 6. The Labute approximate surface area is 270 Å². The van der Waals surface area contributed by atoms with Crippen molar-refractivity contribution in [2.75, 3.05) is 0 Å². The van der Waals surface area contributed by atoms with Crippen LogP contribution >= 0.6 is 0 Å². The molecule has 10 aromatic rings. The fourth-order valence-corrected chi connectivity index (χ4v) is 7.68. The van der Waals surface area contributed by atoms with E-state index < -0.39 is 0 Å². The molecule has 0 atom stereocenters. The molecule has 0 heterocycles. The smallest absolute Gasteiger partial charge is 0.166 e. The molecule has 0 aromatic heterocycles. The number of fused-ring (bicyclic) bond motifs is 9. The van der Waals surface area contributed by atoms with Crippen LogP contribution in [0.4, 0.5) is 0 Å². The predicted molar refractivity (Wildman–Crippen MR) is 194 cm³/mol. The fourth-order valence-electron chi connectivity index (χ4n) is 7.68. The predicted octanol–water partition coefficient (Wildman–Crippen LogP) is 10.3. The highest BCUT2D eigenvalue weighted by molar-refractivity contribution is 6.21. The Bertz CT molecular complexity index is 2580. The van der Waals surface area contributed by atoms with E-state index in [9.17, 15) is 30.6 Å². The Kier molecular flexibility index (Phi) is 4.97. The molecule has 0 fully saturated rings. The third kappa shape index (κ3) is 3.35. The van der Waals surface area contributed by atoms with Gasteiger partial charge < -0.3 is 30.6 Å². The third-order valence-electron chi connectivity index (χ3n) is 10.2. The summed E-state index contributed by atoms with van der Waals surface area (Å²) < 4.78 is 0. The van der Waals surface area contributed by atoms with Crippen LogP contribution in [0, 0.1) is 0 Å². The number of phenolic OH excluding ortho intramolecular Hbond substituents is 6. The zero-order valence-corrected chi connectivity index (χ0v) is 25.1. The van der Waals surface area contributed by atoms with Gasteiger partial charge in [-0.2, -0.15) is 0 Å². The Morgan fingerprint density at radius 2 is 0.333 bits per heavy atom. The van der Waals surface area contributed by atoms with Crippen LogP contribution in [0.5, 0.6) is 34.5 Å². The van der Waals surface area contributed by atoms with E-state index in [4.69, 9.17) is 0 Å². The van der Waals surface area contributed by atoms with Crippen molar-refractivity contribution in [2.24, 2.45) is 0 Å². The number of rotatable bonds is 0. The standard InChI is InChI=1S/C42H24O6/c43-37-25-7-1-19-13-31(25)33-15-21(3-9-27(33)38(37)44)23-5-11-29-35(17-23)36-18-24(6-12-30(36)42(48)41(29)47)22-4-10-28-34(16-22)32-14-20(19)2-8-26(32)39(45)40(28)46/h1-18,43-48H. The molecule has 228 valence electrons. The van der Waals surface area contributed by atoms with E-state index in [0.29, 0.717) is 32.3 Å². The first-order valence-electron chi connectivity index (χ1n) is 15.5. The highest BCUT2D eigenvalue weighted by Gasteiger charge is 2.18. The number of hydrogen-bond acceptors (Lipinski definition) is 6. The zero-order chi connectivity index (χ0) is 32.6. The average molecular weight is 625 g/mol. The molecule has 0 saturated carbocycles. The summed E-state index contributed by atoms with van der Waals surface area (Å²) in [6.07, 6.45) is 0. The lowest BCUT2D eigenvalue weighted by Gasteiger charge is -2.13. The molecule has 48 heavy (non-hydrogen) atoms. The van der Waals surface area contributed by atoms with Crippen LogP contribution in [-0.4, -0.2) is 30.6 Å². The first kappa shape index (κ1) is 26.5. The lowest BCUT2D eigenvalue weighted by molar-refractivity contribution is 0.412. The van der Waals surface area contributed by atoms with Crippen molar-refractivity contribution in [3.63, 3.8) is 0 Å². The molecule has 0 unspecified atom stereocenters. The maximum atomic E-state index is 11.0. The topological polar surface area (TPSA) is 121 Å². The van der Waals surface area contributed by atoms with E-state index in [0.717, 1.165) is 64.6 Å². The molecule has 0 spiro atoms. The van der Waals surface area contributed by atoms with E-state index in [-0.39, 0.29) is 34.5 Å². The maximum Gasteiger partial charge on any atom is 0.166 e. The second-order valence-electron chi connectivity index (χ2n) is 12.7. The summed E-state index contributed by atoms with van der Waals surface area (Å²) in [4.78, 5) is 0. The van der Waals surface area contributed by atoms with Gasteiger partial charge in [-0.25, -0.2) is 0 Å². The van der Waals surface area contributed by atoms with Crippen molar-refractivity contribution in [1.29, 1.82) is 0 Å². The van der Waals surface area contributed by atoms with E-state index >= 15 is 0 Å². The van der Waals surface area contributed by atoms with Gasteiger partial charge >= 0.3 is 0 Å². The minimum atomic E-state index is -0.195. The maximum absolute atomic E-state index is 11.0. The molecular formula is C42H24O6. The summed E-state index contributed by atoms with van der Waals surface area (Å²) in [5.41, 5.74) is 0. The van der Waals surface area contributed by atoms with Gasteiger partial charge in [-0.05, 0) is 137 Å². The minimum Gasteiger partial charge on any atom is -0.504 e. The number of benzene rings is 9.